The highest BCUT2D eigenvalue weighted by molar-refractivity contribution is 7.98. The highest BCUT2D eigenvalue weighted by Gasteiger charge is 2.17. The van der Waals surface area contributed by atoms with Crippen molar-refractivity contribution in [1.82, 2.24) is 20.3 Å². The highest BCUT2D eigenvalue weighted by Crippen LogP contribution is 2.24. The molecule has 0 unspecified atom stereocenters. The Balaban J connectivity index is 1.80. The summed E-state index contributed by atoms with van der Waals surface area (Å²) in [6.45, 7) is 1.76. The maximum atomic E-state index is 12.5. The number of aliphatic hydroxyl groups excluding tert-OH is 1. The van der Waals surface area contributed by atoms with Gasteiger partial charge in [0.15, 0.2) is 5.16 Å². The molecule has 0 saturated heterocycles. The van der Waals surface area contributed by atoms with E-state index in [0.29, 0.717) is 10.9 Å². The van der Waals surface area contributed by atoms with E-state index in [9.17, 15) is 9.90 Å². The average molecular weight is 368 g/mol. The predicted molar refractivity (Wildman–Crippen MR) is 102 cm³/mol. The molecule has 0 saturated carbocycles. The van der Waals surface area contributed by atoms with Gasteiger partial charge in [-0.2, -0.15) is 0 Å². The van der Waals surface area contributed by atoms with Crippen LogP contribution in [-0.2, 0) is 0 Å². The Labute approximate surface area is 156 Å². The summed E-state index contributed by atoms with van der Waals surface area (Å²) in [7, 11) is 0. The summed E-state index contributed by atoms with van der Waals surface area (Å²) in [6, 6.07) is 10.7. The van der Waals surface area contributed by atoms with E-state index in [1.54, 1.807) is 18.5 Å². The lowest BCUT2D eigenvalue weighted by Gasteiger charge is -2.16. The molecule has 6 nitrogen and oxygen atoms in total. The lowest BCUT2D eigenvalue weighted by Crippen LogP contribution is -2.30. The molecule has 3 N–H and O–H groups in total. The first kappa shape index (κ1) is 18.2. The topological polar surface area (TPSA) is 90.9 Å². The summed E-state index contributed by atoms with van der Waals surface area (Å²) < 4.78 is 0. The van der Waals surface area contributed by atoms with Gasteiger partial charge in [0, 0.05) is 18.0 Å². The zero-order chi connectivity index (χ0) is 18.5. The van der Waals surface area contributed by atoms with Gasteiger partial charge in [-0.15, -0.1) is 0 Å². The number of thioether (sulfide) groups is 1. The molecule has 134 valence electrons. The van der Waals surface area contributed by atoms with Crippen LogP contribution in [-0.4, -0.2) is 38.8 Å². The van der Waals surface area contributed by atoms with Crippen molar-refractivity contribution in [2.24, 2.45) is 0 Å². The van der Waals surface area contributed by atoms with Crippen LogP contribution in [0.25, 0.3) is 11.3 Å². The van der Waals surface area contributed by atoms with Crippen LogP contribution in [0.1, 0.15) is 27.7 Å². The number of hydrogen-bond donors (Lipinski definition) is 3. The Kier molecular flexibility index (Phi) is 5.70. The molecule has 0 fully saturated rings. The van der Waals surface area contributed by atoms with Gasteiger partial charge in [-0.1, -0.05) is 42.1 Å². The minimum atomic E-state index is -0.459. The summed E-state index contributed by atoms with van der Waals surface area (Å²) in [5, 5.41) is 13.1. The fraction of sp³-hybridized carbons (Fsp3) is 0.211. The van der Waals surface area contributed by atoms with Gasteiger partial charge in [0.25, 0.3) is 5.91 Å². The first-order valence-electron chi connectivity index (χ1n) is 8.15. The number of aromatic nitrogens is 3. The molecular weight excluding hydrogens is 348 g/mol. The van der Waals surface area contributed by atoms with Crippen molar-refractivity contribution >= 4 is 17.7 Å². The third kappa shape index (κ3) is 3.95. The number of nitrogens with one attached hydrogen (secondary N) is 2. The molecule has 1 amide bonds. The number of aryl methyl sites for hydroxylation is 1. The minimum Gasteiger partial charge on any atom is -0.394 e. The van der Waals surface area contributed by atoms with Crippen molar-refractivity contribution in [2.75, 3.05) is 12.9 Å². The maximum Gasteiger partial charge on any atom is 0.268 e. The van der Waals surface area contributed by atoms with Gasteiger partial charge in [-0.05, 0) is 30.4 Å². The number of carbonyl (C=O) groups is 1. The van der Waals surface area contributed by atoms with Gasteiger partial charge >= 0.3 is 0 Å². The molecule has 2 heterocycles. The van der Waals surface area contributed by atoms with Crippen LogP contribution in [0, 0.1) is 6.92 Å². The fourth-order valence-corrected chi connectivity index (χ4v) is 2.98. The molecule has 3 rings (SSSR count). The molecule has 3 aromatic rings. The van der Waals surface area contributed by atoms with Gasteiger partial charge in [-0.3, -0.25) is 4.79 Å². The third-order valence-corrected chi connectivity index (χ3v) is 4.58. The second kappa shape index (κ2) is 8.16. The first-order valence-corrected chi connectivity index (χ1v) is 9.38. The normalized spacial score (nSPS) is 12.0. The van der Waals surface area contributed by atoms with E-state index in [-0.39, 0.29) is 12.5 Å². The average Bonchev–Trinajstić information content (AvgIpc) is 3.17. The Morgan fingerprint density at radius 2 is 2.12 bits per heavy atom. The van der Waals surface area contributed by atoms with Crippen LogP contribution in [0.3, 0.4) is 0 Å². The number of carbonyl (C=O) groups excluding carboxylic acids is 1. The maximum absolute atomic E-state index is 12.5. The number of aliphatic hydroxyl groups is 1. The van der Waals surface area contributed by atoms with E-state index in [2.05, 4.69) is 20.3 Å². The number of aromatic amines is 1. The quantitative estimate of drug-likeness (QED) is 0.460. The monoisotopic (exact) mass is 368 g/mol. The minimum absolute atomic E-state index is 0.175. The molecular formula is C19H20N4O2S. The number of rotatable bonds is 6. The molecule has 0 aliphatic carbocycles. The van der Waals surface area contributed by atoms with Gasteiger partial charge in [-0.25, -0.2) is 9.97 Å². The van der Waals surface area contributed by atoms with Crippen molar-refractivity contribution in [1.29, 1.82) is 0 Å². The van der Waals surface area contributed by atoms with Crippen LogP contribution < -0.4 is 5.32 Å². The van der Waals surface area contributed by atoms with Gasteiger partial charge in [0.1, 0.15) is 5.69 Å². The van der Waals surface area contributed by atoms with Crippen molar-refractivity contribution in [3.8, 4) is 11.3 Å². The molecule has 0 aliphatic heterocycles. The molecule has 26 heavy (non-hydrogen) atoms. The van der Waals surface area contributed by atoms with Crippen LogP contribution in [0.5, 0.6) is 0 Å². The number of hydrogen-bond acceptors (Lipinski definition) is 5. The fourth-order valence-electron chi connectivity index (χ4n) is 2.63. The molecule has 0 aliphatic rings. The van der Waals surface area contributed by atoms with Gasteiger partial charge < -0.3 is 15.4 Å². The number of amides is 1. The summed E-state index contributed by atoms with van der Waals surface area (Å²) in [6.07, 6.45) is 5.45. The Morgan fingerprint density at radius 3 is 2.81 bits per heavy atom. The van der Waals surface area contributed by atoms with E-state index in [1.165, 1.54) is 11.8 Å². The zero-order valence-electron chi connectivity index (χ0n) is 14.6. The van der Waals surface area contributed by atoms with Crippen LogP contribution in [0.2, 0.25) is 0 Å². The Hall–Kier alpha value is -2.64. The van der Waals surface area contributed by atoms with Crippen LogP contribution >= 0.6 is 11.8 Å². The molecule has 1 aromatic carbocycles. The van der Waals surface area contributed by atoms with E-state index < -0.39 is 6.04 Å². The SMILES string of the molecule is CSc1ncc(C)c(-c2c[nH]c(C(=O)N[C@H](CO)c3ccccc3)c2)n1. The summed E-state index contributed by atoms with van der Waals surface area (Å²) in [5.41, 5.74) is 3.82. The smallest absolute Gasteiger partial charge is 0.268 e. The van der Waals surface area contributed by atoms with Crippen LogP contribution in [0.15, 0.2) is 53.9 Å². The molecule has 1 atom stereocenters. The lowest BCUT2D eigenvalue weighted by atomic mass is 10.1. The van der Waals surface area contributed by atoms with Crippen molar-refractivity contribution in [3.63, 3.8) is 0 Å². The summed E-state index contributed by atoms with van der Waals surface area (Å²) >= 11 is 1.47. The summed E-state index contributed by atoms with van der Waals surface area (Å²) in [4.78, 5) is 24.3. The van der Waals surface area contributed by atoms with E-state index in [0.717, 1.165) is 22.4 Å². The molecule has 7 heteroatoms. The number of benzene rings is 1. The standard InChI is InChI=1S/C19H20N4O2S/c1-12-9-21-19(26-2)23-17(12)14-8-15(20-10-14)18(25)22-16(11-24)13-6-4-3-5-7-13/h3-10,16,20,24H,11H2,1-2H3,(H,22,25)/t16-/m1/s1. The first-order chi connectivity index (χ1) is 12.6. The lowest BCUT2D eigenvalue weighted by molar-refractivity contribution is 0.0912. The van der Waals surface area contributed by atoms with Crippen molar-refractivity contribution in [2.45, 2.75) is 18.1 Å². The molecule has 0 bridgehead atoms. The second-order valence-corrected chi connectivity index (χ2v) is 6.58. The van der Waals surface area contributed by atoms with Crippen molar-refractivity contribution in [3.05, 3.63) is 65.6 Å². The zero-order valence-corrected chi connectivity index (χ0v) is 15.4. The molecule has 2 aromatic heterocycles. The number of nitrogens with zero attached hydrogens (tertiary/aromatic N) is 2. The van der Waals surface area contributed by atoms with Crippen molar-refractivity contribution < 1.29 is 9.90 Å². The highest BCUT2D eigenvalue weighted by atomic mass is 32.2. The van der Waals surface area contributed by atoms with E-state index in [4.69, 9.17) is 0 Å². The second-order valence-electron chi connectivity index (χ2n) is 5.81. The van der Waals surface area contributed by atoms with E-state index in [1.807, 2.05) is 43.5 Å². The summed E-state index contributed by atoms with van der Waals surface area (Å²) in [5.74, 6) is -0.282. The number of H-pyrrole nitrogens is 1. The van der Waals surface area contributed by atoms with Crippen LogP contribution in [0.4, 0.5) is 0 Å². The van der Waals surface area contributed by atoms with Gasteiger partial charge in [0.05, 0.1) is 18.3 Å². The van der Waals surface area contributed by atoms with E-state index >= 15 is 0 Å². The predicted octanol–water partition coefficient (Wildman–Crippen LogP) is 2.97. The largest absolute Gasteiger partial charge is 0.394 e. The Morgan fingerprint density at radius 1 is 1.35 bits per heavy atom. The third-order valence-electron chi connectivity index (χ3n) is 4.02. The molecule has 0 radical (unpaired) electrons. The molecule has 0 spiro atoms. The van der Waals surface area contributed by atoms with Gasteiger partial charge in [0.2, 0.25) is 0 Å². The Bertz CT molecular complexity index is 896.